The molecule has 0 fully saturated rings. The summed E-state index contributed by atoms with van der Waals surface area (Å²) in [7, 11) is 0. The summed E-state index contributed by atoms with van der Waals surface area (Å²) >= 11 is 0. The molecule has 0 radical (unpaired) electrons. The zero-order valence-electron chi connectivity index (χ0n) is 17.8. The van der Waals surface area contributed by atoms with E-state index in [0.29, 0.717) is 12.1 Å². The van der Waals surface area contributed by atoms with Gasteiger partial charge in [-0.3, -0.25) is 0 Å². The highest BCUT2D eigenvalue weighted by Crippen LogP contribution is 2.16. The summed E-state index contributed by atoms with van der Waals surface area (Å²) in [5.41, 5.74) is 1.70. The van der Waals surface area contributed by atoms with Crippen molar-refractivity contribution in [3.63, 3.8) is 0 Å². The number of benzene rings is 1. The number of halogens is 3. The zero-order valence-corrected chi connectivity index (χ0v) is 17.8. The molecule has 1 rings (SSSR count). The molecule has 0 amide bonds. The van der Waals surface area contributed by atoms with Gasteiger partial charge in [-0.15, -0.1) is 0 Å². The molecule has 0 aliphatic heterocycles. The van der Waals surface area contributed by atoms with Crippen LogP contribution in [0, 0.1) is 0 Å². The van der Waals surface area contributed by atoms with Crippen LogP contribution in [-0.4, -0.2) is 56.4 Å². The number of hydrogen-bond donors (Lipinski definition) is 2. The first-order valence-electron chi connectivity index (χ1n) is 10.3. The summed E-state index contributed by atoms with van der Waals surface area (Å²) in [6.07, 6.45) is -2.07. The Bertz CT molecular complexity index is 572. The molecule has 0 aromatic heterocycles. The molecule has 1 aromatic rings. The molecule has 166 valence electrons. The third-order valence-electron chi connectivity index (χ3n) is 4.41. The Labute approximate surface area is 172 Å². The Kier molecular flexibility index (Phi) is 12.4. The van der Waals surface area contributed by atoms with Crippen LogP contribution < -0.4 is 10.6 Å². The predicted molar refractivity (Wildman–Crippen MR) is 112 cm³/mol. The van der Waals surface area contributed by atoms with Crippen molar-refractivity contribution in [3.8, 4) is 0 Å². The van der Waals surface area contributed by atoms with E-state index in [9.17, 15) is 13.2 Å². The van der Waals surface area contributed by atoms with E-state index in [0.717, 1.165) is 57.1 Å². The van der Waals surface area contributed by atoms with Crippen LogP contribution in [0.25, 0.3) is 0 Å². The summed E-state index contributed by atoms with van der Waals surface area (Å²) in [5, 5.41) is 6.58. The van der Waals surface area contributed by atoms with Crippen LogP contribution in [0.1, 0.15) is 44.7 Å². The third kappa shape index (κ3) is 12.4. The van der Waals surface area contributed by atoms with Crippen molar-refractivity contribution in [2.45, 2.75) is 52.9 Å². The number of ether oxygens (including phenoxy) is 1. The lowest BCUT2D eigenvalue weighted by molar-refractivity contribution is -0.176. The normalized spacial score (nSPS) is 12.4. The summed E-state index contributed by atoms with van der Waals surface area (Å²) in [6, 6.07) is 7.27. The number of hydrogen-bond acceptors (Lipinski definition) is 3. The van der Waals surface area contributed by atoms with Crippen molar-refractivity contribution < 1.29 is 17.9 Å². The van der Waals surface area contributed by atoms with Gasteiger partial charge in [0.05, 0.1) is 13.2 Å². The minimum atomic E-state index is -4.30. The molecular weight excluding hydrogens is 381 g/mol. The van der Waals surface area contributed by atoms with Crippen molar-refractivity contribution in [2.75, 3.05) is 39.3 Å². The monoisotopic (exact) mass is 416 g/mol. The molecular formula is C21H35F3N4O. The molecule has 0 heterocycles. The van der Waals surface area contributed by atoms with Crippen LogP contribution in [0.4, 0.5) is 13.2 Å². The first-order chi connectivity index (χ1) is 13.9. The molecule has 29 heavy (non-hydrogen) atoms. The molecule has 0 spiro atoms. The van der Waals surface area contributed by atoms with Crippen molar-refractivity contribution in [1.82, 2.24) is 15.5 Å². The SMILES string of the molecule is CCNC(=NCc1ccc(COCC(F)(F)F)cc1)NCCCCN(CC)CC. The number of alkyl halides is 3. The van der Waals surface area contributed by atoms with Crippen molar-refractivity contribution in [2.24, 2.45) is 4.99 Å². The van der Waals surface area contributed by atoms with Crippen molar-refractivity contribution >= 4 is 5.96 Å². The van der Waals surface area contributed by atoms with Crippen LogP contribution in [0.3, 0.4) is 0 Å². The first kappa shape index (κ1) is 25.2. The first-order valence-corrected chi connectivity index (χ1v) is 10.3. The average Bonchev–Trinajstić information content (AvgIpc) is 2.69. The van der Waals surface area contributed by atoms with E-state index in [1.807, 2.05) is 19.1 Å². The Balaban J connectivity index is 2.39. The second kappa shape index (κ2) is 14.2. The Morgan fingerprint density at radius 2 is 1.66 bits per heavy atom. The van der Waals surface area contributed by atoms with Gasteiger partial charge in [0.2, 0.25) is 0 Å². The van der Waals surface area contributed by atoms with Crippen LogP contribution in [0.15, 0.2) is 29.3 Å². The largest absolute Gasteiger partial charge is 0.411 e. The number of guanidine groups is 1. The van der Waals surface area contributed by atoms with Crippen LogP contribution in [-0.2, 0) is 17.9 Å². The van der Waals surface area contributed by atoms with Crippen LogP contribution in [0.5, 0.6) is 0 Å². The van der Waals surface area contributed by atoms with E-state index in [2.05, 4.69) is 39.1 Å². The van der Waals surface area contributed by atoms with Gasteiger partial charge in [-0.2, -0.15) is 13.2 Å². The average molecular weight is 417 g/mol. The number of aliphatic imine (C=N–C) groups is 1. The van der Waals surface area contributed by atoms with Crippen molar-refractivity contribution in [3.05, 3.63) is 35.4 Å². The molecule has 5 nitrogen and oxygen atoms in total. The lowest BCUT2D eigenvalue weighted by Crippen LogP contribution is -2.38. The van der Waals surface area contributed by atoms with Crippen LogP contribution in [0.2, 0.25) is 0 Å². The van der Waals surface area contributed by atoms with Gasteiger partial charge >= 0.3 is 6.18 Å². The summed E-state index contributed by atoms with van der Waals surface area (Å²) in [6.45, 7) is 10.5. The molecule has 1 aromatic carbocycles. The second-order valence-electron chi connectivity index (χ2n) is 6.78. The summed E-state index contributed by atoms with van der Waals surface area (Å²) in [5.74, 6) is 0.771. The molecule has 0 aliphatic carbocycles. The smallest absolute Gasteiger partial charge is 0.367 e. The minimum absolute atomic E-state index is 0.0548. The highest BCUT2D eigenvalue weighted by Gasteiger charge is 2.27. The Hall–Kier alpha value is -1.80. The van der Waals surface area contributed by atoms with E-state index < -0.39 is 12.8 Å². The lowest BCUT2D eigenvalue weighted by atomic mass is 10.1. The van der Waals surface area contributed by atoms with Gasteiger partial charge in [-0.05, 0) is 50.5 Å². The number of nitrogens with zero attached hydrogens (tertiary/aromatic N) is 2. The molecule has 0 atom stereocenters. The highest BCUT2D eigenvalue weighted by molar-refractivity contribution is 5.79. The fraction of sp³-hybridized carbons (Fsp3) is 0.667. The number of unbranched alkanes of at least 4 members (excludes halogenated alkanes) is 1. The Morgan fingerprint density at radius 1 is 1.00 bits per heavy atom. The minimum Gasteiger partial charge on any atom is -0.367 e. The predicted octanol–water partition coefficient (Wildman–Crippen LogP) is 3.94. The number of rotatable bonds is 13. The third-order valence-corrected chi connectivity index (χ3v) is 4.41. The van der Waals surface area contributed by atoms with Gasteiger partial charge in [0.25, 0.3) is 0 Å². The van der Waals surface area contributed by atoms with E-state index in [-0.39, 0.29) is 6.61 Å². The van der Waals surface area contributed by atoms with Gasteiger partial charge < -0.3 is 20.3 Å². The molecule has 0 unspecified atom stereocenters. The fourth-order valence-corrected chi connectivity index (χ4v) is 2.74. The lowest BCUT2D eigenvalue weighted by Gasteiger charge is -2.18. The molecule has 0 saturated heterocycles. The van der Waals surface area contributed by atoms with E-state index in [4.69, 9.17) is 0 Å². The summed E-state index contributed by atoms with van der Waals surface area (Å²) < 4.78 is 41.0. The maximum atomic E-state index is 12.1. The molecule has 0 saturated carbocycles. The van der Waals surface area contributed by atoms with Crippen molar-refractivity contribution in [1.29, 1.82) is 0 Å². The van der Waals surface area contributed by atoms with Crippen LogP contribution >= 0.6 is 0 Å². The highest BCUT2D eigenvalue weighted by atomic mass is 19.4. The van der Waals surface area contributed by atoms with E-state index >= 15 is 0 Å². The standard InChI is InChI=1S/C21H35F3N4O/c1-4-25-20(26-13-7-8-14-28(5-2)6-3)27-15-18-9-11-19(12-10-18)16-29-17-21(22,23)24/h9-12H,4-8,13-17H2,1-3H3,(H2,25,26,27). The maximum absolute atomic E-state index is 12.1. The molecule has 8 heteroatoms. The number of nitrogens with one attached hydrogen (secondary N) is 2. The maximum Gasteiger partial charge on any atom is 0.411 e. The molecule has 2 N–H and O–H groups in total. The fourth-order valence-electron chi connectivity index (χ4n) is 2.74. The Morgan fingerprint density at radius 3 is 2.24 bits per heavy atom. The van der Waals surface area contributed by atoms with E-state index in [1.54, 1.807) is 12.1 Å². The van der Waals surface area contributed by atoms with E-state index in [1.165, 1.54) is 0 Å². The molecule has 0 bridgehead atoms. The zero-order chi connectivity index (χ0) is 21.5. The van der Waals surface area contributed by atoms with Gasteiger partial charge in [-0.25, -0.2) is 4.99 Å². The topological polar surface area (TPSA) is 48.9 Å². The summed E-state index contributed by atoms with van der Waals surface area (Å²) in [4.78, 5) is 6.99. The quantitative estimate of drug-likeness (QED) is 0.291. The van der Waals surface area contributed by atoms with Gasteiger partial charge in [-0.1, -0.05) is 38.1 Å². The van der Waals surface area contributed by atoms with Gasteiger partial charge in [0, 0.05) is 13.1 Å². The van der Waals surface area contributed by atoms with Gasteiger partial charge in [0.1, 0.15) is 6.61 Å². The molecule has 0 aliphatic rings. The second-order valence-corrected chi connectivity index (χ2v) is 6.78. The van der Waals surface area contributed by atoms with Gasteiger partial charge in [0.15, 0.2) is 5.96 Å².